The van der Waals surface area contributed by atoms with E-state index in [2.05, 4.69) is 41.6 Å². The van der Waals surface area contributed by atoms with Crippen molar-refractivity contribution >= 4 is 11.8 Å². The first-order valence-electron chi connectivity index (χ1n) is 13.1. The summed E-state index contributed by atoms with van der Waals surface area (Å²) in [5.41, 5.74) is 0. The third-order valence-corrected chi connectivity index (χ3v) is 10.3. The molecule has 196 valence electrons. The molecule has 6 nitrogen and oxygen atoms in total. The summed E-state index contributed by atoms with van der Waals surface area (Å²) in [6.07, 6.45) is 0.324. The Kier molecular flexibility index (Phi) is 8.42. The van der Waals surface area contributed by atoms with Gasteiger partial charge >= 0.3 is 6.18 Å². The van der Waals surface area contributed by atoms with Gasteiger partial charge in [-0.1, -0.05) is 6.92 Å². The van der Waals surface area contributed by atoms with E-state index in [1.54, 1.807) is 0 Å². The molecule has 0 spiro atoms. The highest BCUT2D eigenvalue weighted by Crippen LogP contribution is 2.45. The number of rotatable bonds is 5. The molecule has 2 saturated heterocycles. The number of nitro groups is 1. The van der Waals surface area contributed by atoms with E-state index in [9.17, 15) is 23.3 Å². The Labute approximate surface area is 205 Å². The van der Waals surface area contributed by atoms with Crippen LogP contribution in [0.25, 0.3) is 0 Å². The number of hydrogen-bond acceptors (Lipinski definition) is 6. The zero-order chi connectivity index (χ0) is 24.6. The Bertz CT molecular complexity index is 708. The summed E-state index contributed by atoms with van der Waals surface area (Å²) in [7, 11) is 0. The number of thioether (sulfide) groups is 1. The van der Waals surface area contributed by atoms with Gasteiger partial charge in [-0.3, -0.25) is 26.1 Å². The van der Waals surface area contributed by atoms with E-state index >= 15 is 0 Å². The fourth-order valence-corrected chi connectivity index (χ4v) is 8.50. The van der Waals surface area contributed by atoms with Gasteiger partial charge in [-0.15, -0.1) is 0 Å². The van der Waals surface area contributed by atoms with Crippen molar-refractivity contribution in [1.29, 1.82) is 0 Å². The molecule has 2 saturated carbocycles. The highest BCUT2D eigenvalue weighted by molar-refractivity contribution is 7.99. The van der Waals surface area contributed by atoms with E-state index in [-0.39, 0.29) is 37.1 Å². The second-order valence-electron chi connectivity index (χ2n) is 11.5. The number of fused-ring (bicyclic) bond motifs is 1. The van der Waals surface area contributed by atoms with Crippen molar-refractivity contribution < 1.29 is 18.1 Å². The van der Waals surface area contributed by atoms with Crippen LogP contribution in [0.4, 0.5) is 13.2 Å². The first-order chi connectivity index (χ1) is 16.0. The van der Waals surface area contributed by atoms with Gasteiger partial charge < -0.3 is 0 Å². The van der Waals surface area contributed by atoms with Crippen LogP contribution < -0.4 is 16.0 Å². The molecular formula is C24H41F3N4O2S. The molecule has 2 heterocycles. The van der Waals surface area contributed by atoms with Gasteiger partial charge in [0.2, 0.25) is 6.04 Å². The molecule has 10 unspecified atom stereocenters. The van der Waals surface area contributed by atoms with Crippen molar-refractivity contribution in [2.24, 2.45) is 35.5 Å². The summed E-state index contributed by atoms with van der Waals surface area (Å²) in [5.74, 6) is 3.00. The van der Waals surface area contributed by atoms with E-state index in [4.69, 9.17) is 0 Å². The van der Waals surface area contributed by atoms with Crippen LogP contribution in [0.1, 0.15) is 65.7 Å². The number of hydrogen-bond donors (Lipinski definition) is 3. The summed E-state index contributed by atoms with van der Waals surface area (Å²) in [4.78, 5) is 10.9. The van der Waals surface area contributed by atoms with E-state index in [1.165, 1.54) is 24.3 Å². The van der Waals surface area contributed by atoms with E-state index in [0.717, 1.165) is 18.8 Å². The Morgan fingerprint density at radius 2 is 1.74 bits per heavy atom. The molecule has 34 heavy (non-hydrogen) atoms. The van der Waals surface area contributed by atoms with Crippen LogP contribution in [-0.4, -0.2) is 53.1 Å². The van der Waals surface area contributed by atoms with Crippen LogP contribution in [0.3, 0.4) is 0 Å². The van der Waals surface area contributed by atoms with Gasteiger partial charge in [0, 0.05) is 35.8 Å². The maximum Gasteiger partial charge on any atom is 0.392 e. The van der Waals surface area contributed by atoms with Crippen LogP contribution >= 0.6 is 11.8 Å². The van der Waals surface area contributed by atoms with Crippen LogP contribution in [0.2, 0.25) is 0 Å². The molecule has 0 radical (unpaired) electrons. The smallest absolute Gasteiger partial charge is 0.299 e. The molecule has 4 aliphatic rings. The minimum atomic E-state index is -4.38. The lowest BCUT2D eigenvalue weighted by molar-refractivity contribution is -0.532. The van der Waals surface area contributed by atoms with Gasteiger partial charge in [0.05, 0.1) is 18.2 Å². The van der Waals surface area contributed by atoms with E-state index in [0.29, 0.717) is 23.8 Å². The number of alkyl halides is 3. The molecule has 0 amide bonds. The average Bonchev–Trinajstić information content (AvgIpc) is 2.78. The topological polar surface area (TPSA) is 79.2 Å². The zero-order valence-corrected chi connectivity index (χ0v) is 21.3. The molecule has 0 aromatic heterocycles. The minimum Gasteiger partial charge on any atom is -0.299 e. The van der Waals surface area contributed by atoms with Crippen molar-refractivity contribution in [1.82, 2.24) is 16.0 Å². The van der Waals surface area contributed by atoms with Crippen LogP contribution in [0.5, 0.6) is 0 Å². The lowest BCUT2D eigenvalue weighted by Crippen LogP contribution is -2.69. The first-order valence-corrected chi connectivity index (χ1v) is 14.2. The van der Waals surface area contributed by atoms with Crippen LogP contribution in [0, 0.1) is 45.6 Å². The van der Waals surface area contributed by atoms with Crippen molar-refractivity contribution in [3.8, 4) is 0 Å². The fraction of sp³-hybridized carbons (Fsp3) is 1.00. The summed E-state index contributed by atoms with van der Waals surface area (Å²) in [6.45, 7) is 6.40. The average molecular weight is 507 g/mol. The quantitative estimate of drug-likeness (QED) is 0.373. The van der Waals surface area contributed by atoms with Crippen molar-refractivity contribution in [3.05, 3.63) is 10.1 Å². The standard InChI is InChI=1S/C24H41F3N4O2S/c1-13-8-22-21(12-20(13)16-4-6-34-7-5-16)23(30-15(3)29-22)28-14(2)17-9-18(24(25,26)27)11-19(10-17)31(32)33/h13-23,28-30H,4-12H2,1-3H3. The molecule has 4 rings (SSSR count). The lowest BCUT2D eigenvalue weighted by Gasteiger charge is -2.52. The maximum absolute atomic E-state index is 13.5. The Hall–Kier alpha value is -0.580. The zero-order valence-electron chi connectivity index (χ0n) is 20.5. The molecule has 10 atom stereocenters. The number of nitrogens with zero attached hydrogens (tertiary/aromatic N) is 1. The molecule has 4 fully saturated rings. The van der Waals surface area contributed by atoms with Gasteiger partial charge in [-0.2, -0.15) is 24.9 Å². The summed E-state index contributed by atoms with van der Waals surface area (Å²) >= 11 is 2.05. The predicted molar refractivity (Wildman–Crippen MR) is 129 cm³/mol. The van der Waals surface area contributed by atoms with Gasteiger partial charge in [0.25, 0.3) is 0 Å². The molecular weight excluding hydrogens is 465 g/mol. The molecule has 0 aromatic rings. The summed E-state index contributed by atoms with van der Waals surface area (Å²) < 4.78 is 40.6. The first kappa shape index (κ1) is 26.5. The molecule has 3 N–H and O–H groups in total. The third-order valence-electron chi connectivity index (χ3n) is 9.24. The Morgan fingerprint density at radius 3 is 2.38 bits per heavy atom. The maximum atomic E-state index is 13.5. The lowest BCUT2D eigenvalue weighted by atomic mass is 9.64. The monoisotopic (exact) mass is 506 g/mol. The Balaban J connectivity index is 1.45. The Morgan fingerprint density at radius 1 is 1.03 bits per heavy atom. The van der Waals surface area contributed by atoms with Gasteiger partial charge in [-0.05, 0) is 81.1 Å². The van der Waals surface area contributed by atoms with E-state index in [1.807, 2.05) is 6.92 Å². The molecule has 2 aliphatic carbocycles. The normalized spacial score (nSPS) is 43.2. The molecule has 0 aromatic carbocycles. The minimum absolute atomic E-state index is 0.00420. The highest BCUT2D eigenvalue weighted by atomic mass is 32.2. The second-order valence-corrected chi connectivity index (χ2v) is 12.7. The SMILES string of the molecule is CC1NC2CC(C)C(C3CCSCC3)CC2C(NC(C)C2CC([N+](=O)[O-])CC(C(F)(F)F)C2)N1. The third kappa shape index (κ3) is 6.03. The van der Waals surface area contributed by atoms with Crippen molar-refractivity contribution in [2.45, 2.75) is 102 Å². The largest absolute Gasteiger partial charge is 0.392 e. The molecule has 10 heteroatoms. The predicted octanol–water partition coefficient (Wildman–Crippen LogP) is 4.63. The molecule has 0 bridgehead atoms. The van der Waals surface area contributed by atoms with Crippen molar-refractivity contribution in [2.75, 3.05) is 11.5 Å². The van der Waals surface area contributed by atoms with Crippen molar-refractivity contribution in [3.63, 3.8) is 0 Å². The second kappa shape index (κ2) is 10.8. The highest BCUT2D eigenvalue weighted by Gasteiger charge is 2.50. The summed E-state index contributed by atoms with van der Waals surface area (Å²) in [6, 6.07) is -0.961. The van der Waals surface area contributed by atoms with Gasteiger partial charge in [0.1, 0.15) is 0 Å². The van der Waals surface area contributed by atoms with Gasteiger partial charge in [-0.25, -0.2) is 0 Å². The fourth-order valence-electron chi connectivity index (χ4n) is 7.35. The van der Waals surface area contributed by atoms with E-state index < -0.39 is 29.5 Å². The van der Waals surface area contributed by atoms with Crippen LogP contribution in [-0.2, 0) is 0 Å². The van der Waals surface area contributed by atoms with Gasteiger partial charge in [0.15, 0.2) is 0 Å². The number of halogens is 3. The summed E-state index contributed by atoms with van der Waals surface area (Å²) in [5, 5.41) is 22.4. The van der Waals surface area contributed by atoms with Crippen LogP contribution in [0.15, 0.2) is 0 Å². The number of nitrogens with one attached hydrogen (secondary N) is 3. The molecule has 2 aliphatic heterocycles.